The van der Waals surface area contributed by atoms with Crippen molar-refractivity contribution in [3.05, 3.63) is 34.9 Å². The third-order valence-corrected chi connectivity index (χ3v) is 2.29. The van der Waals surface area contributed by atoms with E-state index in [4.69, 9.17) is 17.4 Å². The Morgan fingerprint density at radius 2 is 2.38 bits per heavy atom. The number of nitrogens with two attached hydrogens (primary N) is 1. The van der Waals surface area contributed by atoms with E-state index in [2.05, 4.69) is 16.4 Å². The number of terminal acetylenes is 1. The molecule has 0 aliphatic rings. The van der Waals surface area contributed by atoms with Crippen molar-refractivity contribution in [3.63, 3.8) is 0 Å². The predicted molar refractivity (Wildman–Crippen MR) is 64.2 cm³/mol. The molecule has 0 radical (unpaired) electrons. The van der Waals surface area contributed by atoms with Crippen molar-refractivity contribution in [3.8, 4) is 12.3 Å². The lowest BCUT2D eigenvalue weighted by atomic mass is 10.0. The van der Waals surface area contributed by atoms with Gasteiger partial charge >= 0.3 is 0 Å². The molecule has 0 aliphatic heterocycles. The number of hydrogen-bond acceptors (Lipinski definition) is 3. The van der Waals surface area contributed by atoms with E-state index < -0.39 is 0 Å². The second-order valence-electron chi connectivity index (χ2n) is 3.43. The lowest BCUT2D eigenvalue weighted by Gasteiger charge is -2.07. The number of benzene rings is 1. The van der Waals surface area contributed by atoms with Crippen molar-refractivity contribution in [2.75, 3.05) is 6.54 Å². The third kappa shape index (κ3) is 3.01. The first-order valence-corrected chi connectivity index (χ1v) is 4.90. The topological polar surface area (TPSA) is 70.6 Å². The number of nitrogens with one attached hydrogen (secondary N) is 1. The predicted octanol–water partition coefficient (Wildman–Crippen LogP) is 0.812. The number of oxime groups is 1. The van der Waals surface area contributed by atoms with Gasteiger partial charge in [0, 0.05) is 12.1 Å². The average Bonchev–Trinajstić information content (AvgIpc) is 2.30. The van der Waals surface area contributed by atoms with Gasteiger partial charge in [0.05, 0.1) is 6.54 Å². The fraction of sp³-hybridized carbons (Fsp3) is 0.250. The first-order chi connectivity index (χ1) is 7.69. The summed E-state index contributed by atoms with van der Waals surface area (Å²) >= 11 is 0. The van der Waals surface area contributed by atoms with Gasteiger partial charge in [0.1, 0.15) is 0 Å². The van der Waals surface area contributed by atoms with Crippen molar-refractivity contribution in [1.82, 2.24) is 5.32 Å². The van der Waals surface area contributed by atoms with Crippen molar-refractivity contribution in [1.29, 1.82) is 0 Å². The Kier molecular flexibility index (Phi) is 4.37. The van der Waals surface area contributed by atoms with Crippen LogP contribution in [0.25, 0.3) is 0 Å². The first kappa shape index (κ1) is 12.1. The van der Waals surface area contributed by atoms with Crippen LogP contribution in [0.3, 0.4) is 0 Å². The summed E-state index contributed by atoms with van der Waals surface area (Å²) in [6.45, 7) is 3.23. The van der Waals surface area contributed by atoms with Crippen LogP contribution in [0.1, 0.15) is 16.7 Å². The molecule has 16 heavy (non-hydrogen) atoms. The molecule has 0 atom stereocenters. The van der Waals surface area contributed by atoms with E-state index >= 15 is 0 Å². The van der Waals surface area contributed by atoms with Gasteiger partial charge in [-0.15, -0.1) is 6.42 Å². The van der Waals surface area contributed by atoms with E-state index in [-0.39, 0.29) is 5.84 Å². The molecule has 0 aromatic heterocycles. The Balaban J connectivity index is 2.80. The van der Waals surface area contributed by atoms with Crippen LogP contribution in [0.5, 0.6) is 0 Å². The fourth-order valence-corrected chi connectivity index (χ4v) is 1.38. The average molecular weight is 217 g/mol. The van der Waals surface area contributed by atoms with Crippen LogP contribution in [-0.4, -0.2) is 17.6 Å². The van der Waals surface area contributed by atoms with Gasteiger partial charge in [-0.3, -0.25) is 0 Å². The van der Waals surface area contributed by atoms with Crippen LogP contribution in [0.15, 0.2) is 23.4 Å². The number of hydrogen-bond donors (Lipinski definition) is 3. The largest absolute Gasteiger partial charge is 0.409 e. The third-order valence-electron chi connectivity index (χ3n) is 2.29. The maximum atomic E-state index is 8.55. The van der Waals surface area contributed by atoms with E-state index in [9.17, 15) is 0 Å². The lowest BCUT2D eigenvalue weighted by molar-refractivity contribution is 0.318. The van der Waals surface area contributed by atoms with Crippen molar-refractivity contribution in [2.24, 2.45) is 10.9 Å². The van der Waals surface area contributed by atoms with E-state index in [1.165, 1.54) is 0 Å². The molecule has 84 valence electrons. The number of amidine groups is 1. The maximum Gasteiger partial charge on any atom is 0.170 e. The molecule has 4 N–H and O–H groups in total. The Bertz CT molecular complexity index is 432. The highest BCUT2D eigenvalue weighted by molar-refractivity contribution is 5.97. The molecule has 0 saturated carbocycles. The number of nitrogens with zero attached hydrogens (tertiary/aromatic N) is 1. The number of rotatable bonds is 4. The minimum atomic E-state index is 0.117. The molecule has 0 amide bonds. The van der Waals surface area contributed by atoms with Crippen LogP contribution in [0.4, 0.5) is 0 Å². The molecule has 0 saturated heterocycles. The summed E-state index contributed by atoms with van der Waals surface area (Å²) in [7, 11) is 0. The highest BCUT2D eigenvalue weighted by atomic mass is 16.4. The maximum absolute atomic E-state index is 8.55. The zero-order valence-corrected chi connectivity index (χ0v) is 9.20. The molecule has 1 aromatic rings. The van der Waals surface area contributed by atoms with Gasteiger partial charge in [0.15, 0.2) is 5.84 Å². The van der Waals surface area contributed by atoms with Crippen LogP contribution in [0, 0.1) is 19.3 Å². The summed E-state index contributed by atoms with van der Waals surface area (Å²) in [5, 5.41) is 14.6. The summed E-state index contributed by atoms with van der Waals surface area (Å²) in [6, 6.07) is 5.63. The van der Waals surface area contributed by atoms with Crippen LogP contribution < -0.4 is 11.1 Å². The van der Waals surface area contributed by atoms with Crippen LogP contribution in [-0.2, 0) is 6.54 Å². The molecular formula is C12H15N3O. The summed E-state index contributed by atoms with van der Waals surface area (Å²) < 4.78 is 0. The van der Waals surface area contributed by atoms with E-state index in [0.29, 0.717) is 18.7 Å². The SMILES string of the molecule is C#CCNCc1ccc(/C(N)=N/O)cc1C. The summed E-state index contributed by atoms with van der Waals surface area (Å²) in [4.78, 5) is 0. The van der Waals surface area contributed by atoms with Crippen molar-refractivity contribution in [2.45, 2.75) is 13.5 Å². The van der Waals surface area contributed by atoms with E-state index in [1.807, 2.05) is 25.1 Å². The first-order valence-electron chi connectivity index (χ1n) is 4.90. The van der Waals surface area contributed by atoms with Gasteiger partial charge in [0.2, 0.25) is 0 Å². The molecule has 4 nitrogen and oxygen atoms in total. The van der Waals surface area contributed by atoms with Crippen molar-refractivity contribution < 1.29 is 5.21 Å². The second-order valence-corrected chi connectivity index (χ2v) is 3.43. The summed E-state index contributed by atoms with van der Waals surface area (Å²) in [5.74, 6) is 2.63. The van der Waals surface area contributed by atoms with Gasteiger partial charge in [-0.25, -0.2) is 0 Å². The number of aryl methyl sites for hydroxylation is 1. The highest BCUT2D eigenvalue weighted by Crippen LogP contribution is 2.10. The van der Waals surface area contributed by atoms with Gasteiger partial charge in [-0.2, -0.15) is 0 Å². The van der Waals surface area contributed by atoms with Crippen molar-refractivity contribution >= 4 is 5.84 Å². The molecular weight excluding hydrogens is 202 g/mol. The van der Waals surface area contributed by atoms with E-state index in [0.717, 1.165) is 11.1 Å². The molecule has 0 heterocycles. The highest BCUT2D eigenvalue weighted by Gasteiger charge is 2.02. The zero-order valence-electron chi connectivity index (χ0n) is 9.20. The molecule has 0 spiro atoms. The Morgan fingerprint density at radius 1 is 1.62 bits per heavy atom. The smallest absolute Gasteiger partial charge is 0.170 e. The van der Waals surface area contributed by atoms with Gasteiger partial charge < -0.3 is 16.3 Å². The second kappa shape index (κ2) is 5.79. The molecule has 0 bridgehead atoms. The van der Waals surface area contributed by atoms with E-state index in [1.54, 1.807) is 0 Å². The van der Waals surface area contributed by atoms with Gasteiger partial charge in [0.25, 0.3) is 0 Å². The normalized spacial score (nSPS) is 11.1. The summed E-state index contributed by atoms with van der Waals surface area (Å²) in [5.41, 5.74) is 8.42. The fourth-order valence-electron chi connectivity index (χ4n) is 1.38. The Hall–Kier alpha value is -1.99. The van der Waals surface area contributed by atoms with Gasteiger partial charge in [-0.1, -0.05) is 23.2 Å². The quantitative estimate of drug-likeness (QED) is 0.174. The zero-order chi connectivity index (χ0) is 12.0. The molecule has 1 rings (SSSR count). The minimum Gasteiger partial charge on any atom is -0.409 e. The van der Waals surface area contributed by atoms with Gasteiger partial charge in [-0.05, 0) is 24.1 Å². The summed E-state index contributed by atoms with van der Waals surface area (Å²) in [6.07, 6.45) is 5.14. The minimum absolute atomic E-state index is 0.117. The molecule has 0 fully saturated rings. The van der Waals surface area contributed by atoms with Crippen LogP contribution in [0.2, 0.25) is 0 Å². The molecule has 1 aromatic carbocycles. The molecule has 0 unspecified atom stereocenters. The Labute approximate surface area is 95.2 Å². The lowest BCUT2D eigenvalue weighted by Crippen LogP contribution is -2.16. The molecule has 0 aliphatic carbocycles. The Morgan fingerprint density at radius 3 is 2.94 bits per heavy atom. The standard InChI is InChI=1S/C12H15N3O/c1-3-6-14-8-11-5-4-10(7-9(11)2)12(13)15-16/h1,4-5,7,14,16H,6,8H2,2H3,(H2,13,15). The molecule has 4 heteroatoms. The van der Waals surface area contributed by atoms with Crippen LogP contribution >= 0.6 is 0 Å². The monoisotopic (exact) mass is 217 g/mol.